The second-order valence-corrected chi connectivity index (χ2v) is 8.08. The van der Waals surface area contributed by atoms with Crippen molar-refractivity contribution in [1.29, 1.82) is 0 Å². The number of pyridine rings is 1. The van der Waals surface area contributed by atoms with E-state index in [1.807, 2.05) is 18.3 Å². The van der Waals surface area contributed by atoms with Crippen LogP contribution in [-0.4, -0.2) is 67.1 Å². The van der Waals surface area contributed by atoms with Crippen LogP contribution in [0.2, 0.25) is 0 Å². The third-order valence-electron chi connectivity index (χ3n) is 6.13. The molecule has 0 spiro atoms. The van der Waals surface area contributed by atoms with Crippen LogP contribution in [-0.2, 0) is 26.1 Å². The van der Waals surface area contributed by atoms with Gasteiger partial charge in [0.1, 0.15) is 0 Å². The van der Waals surface area contributed by atoms with E-state index in [2.05, 4.69) is 29.7 Å². The Kier molecular flexibility index (Phi) is 5.42. The minimum Gasteiger partial charge on any atom is -0.299 e. The van der Waals surface area contributed by atoms with E-state index >= 15 is 0 Å². The summed E-state index contributed by atoms with van der Waals surface area (Å²) in [4.78, 5) is 21.3. The molecule has 30 heavy (non-hydrogen) atoms. The number of piperazine rings is 1. The molecule has 156 valence electrons. The lowest BCUT2D eigenvalue weighted by molar-refractivity contribution is 0.122. The van der Waals surface area contributed by atoms with Crippen LogP contribution in [0.15, 0.2) is 47.7 Å². The van der Waals surface area contributed by atoms with Gasteiger partial charge >= 0.3 is 0 Å². The summed E-state index contributed by atoms with van der Waals surface area (Å²) in [5.41, 5.74) is 4.46. The molecule has 0 bridgehead atoms. The van der Waals surface area contributed by atoms with Crippen molar-refractivity contribution in [2.75, 3.05) is 32.7 Å². The number of aromatic nitrogens is 5. The Bertz CT molecular complexity index is 1050. The highest BCUT2D eigenvalue weighted by atomic mass is 16.1. The largest absolute Gasteiger partial charge is 0.299 e. The van der Waals surface area contributed by atoms with Crippen LogP contribution in [0.4, 0.5) is 0 Å². The second kappa shape index (κ2) is 8.49. The molecule has 8 nitrogen and oxygen atoms in total. The molecule has 3 aromatic heterocycles. The van der Waals surface area contributed by atoms with Gasteiger partial charge in [-0.2, -0.15) is 10.2 Å². The molecule has 1 saturated heterocycles. The molecule has 0 atom stereocenters. The molecule has 0 aromatic carbocycles. The summed E-state index contributed by atoms with van der Waals surface area (Å²) in [6.45, 7) is 7.62. The number of nitrogens with zero attached hydrogens (tertiary/aromatic N) is 7. The molecule has 1 fully saturated rings. The molecule has 0 aliphatic carbocycles. The van der Waals surface area contributed by atoms with E-state index in [0.717, 1.165) is 63.5 Å². The number of aryl methyl sites for hydroxylation is 1. The summed E-state index contributed by atoms with van der Waals surface area (Å²) in [6.07, 6.45) is 7.94. The van der Waals surface area contributed by atoms with Crippen molar-refractivity contribution in [1.82, 2.24) is 34.3 Å². The van der Waals surface area contributed by atoms with Crippen molar-refractivity contribution >= 4 is 0 Å². The van der Waals surface area contributed by atoms with Crippen LogP contribution < -0.4 is 5.56 Å². The molecule has 5 heterocycles. The molecule has 2 aliphatic rings. The maximum Gasteiger partial charge on any atom is 0.266 e. The van der Waals surface area contributed by atoms with Crippen molar-refractivity contribution in [3.05, 3.63) is 64.5 Å². The van der Waals surface area contributed by atoms with Crippen molar-refractivity contribution in [3.63, 3.8) is 0 Å². The van der Waals surface area contributed by atoms with E-state index in [1.165, 1.54) is 17.7 Å². The van der Waals surface area contributed by atoms with Gasteiger partial charge in [0.15, 0.2) is 0 Å². The third-order valence-corrected chi connectivity index (χ3v) is 6.13. The van der Waals surface area contributed by atoms with Gasteiger partial charge in [-0.3, -0.25) is 24.3 Å². The quantitative estimate of drug-likeness (QED) is 0.615. The van der Waals surface area contributed by atoms with Gasteiger partial charge in [-0.15, -0.1) is 0 Å². The monoisotopic (exact) mass is 405 g/mol. The first-order valence-corrected chi connectivity index (χ1v) is 10.7. The molecule has 0 unspecified atom stereocenters. The fraction of sp³-hybridized carbons (Fsp3) is 0.455. The van der Waals surface area contributed by atoms with Gasteiger partial charge in [0.25, 0.3) is 5.56 Å². The van der Waals surface area contributed by atoms with Gasteiger partial charge in [0, 0.05) is 81.1 Å². The zero-order valence-electron chi connectivity index (χ0n) is 17.2. The van der Waals surface area contributed by atoms with Crippen molar-refractivity contribution in [2.24, 2.45) is 0 Å². The summed E-state index contributed by atoms with van der Waals surface area (Å²) >= 11 is 0. The first kappa shape index (κ1) is 19.1. The molecule has 0 saturated carbocycles. The normalized spacial score (nSPS) is 17.3. The topological polar surface area (TPSA) is 72.1 Å². The third kappa shape index (κ3) is 4.06. The summed E-state index contributed by atoms with van der Waals surface area (Å²) < 4.78 is 3.74. The molecule has 5 rings (SSSR count). The van der Waals surface area contributed by atoms with E-state index < -0.39 is 0 Å². The predicted molar refractivity (Wildman–Crippen MR) is 114 cm³/mol. The molecule has 0 N–H and O–H groups in total. The Morgan fingerprint density at radius 1 is 0.933 bits per heavy atom. The standard InChI is InChI=1S/C22H27N7O/c30-22-6-5-20(18-3-1-7-23-15-18)25-29(22)14-13-26-9-11-27(12-10-26)17-19-16-24-28-8-2-4-21(19)28/h1,3,5-7,15-16H,2,4,8-14,17H2. The van der Waals surface area contributed by atoms with Gasteiger partial charge in [0.05, 0.1) is 18.4 Å². The van der Waals surface area contributed by atoms with Crippen LogP contribution in [0, 0.1) is 0 Å². The summed E-state index contributed by atoms with van der Waals surface area (Å²) in [5, 5.41) is 9.06. The Labute approximate surface area is 175 Å². The molecule has 3 aromatic rings. The van der Waals surface area contributed by atoms with E-state index in [1.54, 1.807) is 29.2 Å². The number of hydrogen-bond donors (Lipinski definition) is 0. The smallest absolute Gasteiger partial charge is 0.266 e. The van der Waals surface area contributed by atoms with E-state index in [4.69, 9.17) is 0 Å². The van der Waals surface area contributed by atoms with Gasteiger partial charge in [0.2, 0.25) is 0 Å². The Hall–Kier alpha value is -2.84. The van der Waals surface area contributed by atoms with E-state index in [-0.39, 0.29) is 5.56 Å². The van der Waals surface area contributed by atoms with Crippen molar-refractivity contribution in [3.8, 4) is 11.3 Å². The Morgan fingerprint density at radius 3 is 2.63 bits per heavy atom. The van der Waals surface area contributed by atoms with Crippen molar-refractivity contribution in [2.45, 2.75) is 32.5 Å². The highest BCUT2D eigenvalue weighted by Crippen LogP contribution is 2.20. The van der Waals surface area contributed by atoms with Crippen LogP contribution in [0.3, 0.4) is 0 Å². The van der Waals surface area contributed by atoms with Crippen molar-refractivity contribution < 1.29 is 0 Å². The fourth-order valence-corrected chi connectivity index (χ4v) is 4.39. The van der Waals surface area contributed by atoms with Gasteiger partial charge in [-0.1, -0.05) is 0 Å². The lowest BCUT2D eigenvalue weighted by Gasteiger charge is -2.34. The lowest BCUT2D eigenvalue weighted by Crippen LogP contribution is -2.47. The predicted octanol–water partition coefficient (Wildman–Crippen LogP) is 1.27. The molecule has 2 aliphatic heterocycles. The molecule has 0 amide bonds. The minimum atomic E-state index is -0.0589. The Balaban J connectivity index is 1.15. The van der Waals surface area contributed by atoms with Gasteiger partial charge in [-0.25, -0.2) is 4.68 Å². The number of fused-ring (bicyclic) bond motifs is 1. The maximum absolute atomic E-state index is 12.2. The highest BCUT2D eigenvalue weighted by molar-refractivity contribution is 5.56. The molecular weight excluding hydrogens is 378 g/mol. The van der Waals surface area contributed by atoms with E-state index in [0.29, 0.717) is 6.54 Å². The number of hydrogen-bond acceptors (Lipinski definition) is 6. The van der Waals surface area contributed by atoms with Crippen LogP contribution in [0.5, 0.6) is 0 Å². The summed E-state index contributed by atoms with van der Waals surface area (Å²) in [6, 6.07) is 7.20. The molecule has 0 radical (unpaired) electrons. The second-order valence-electron chi connectivity index (χ2n) is 8.08. The molecular formula is C22H27N7O. The average Bonchev–Trinajstić information content (AvgIpc) is 3.40. The SMILES string of the molecule is O=c1ccc(-c2cccnc2)nn1CCN1CCN(Cc2cnn3c2CCC3)CC1. The zero-order valence-corrected chi connectivity index (χ0v) is 17.2. The summed E-state index contributed by atoms with van der Waals surface area (Å²) in [5.74, 6) is 0. The summed E-state index contributed by atoms with van der Waals surface area (Å²) in [7, 11) is 0. The number of rotatable bonds is 6. The minimum absolute atomic E-state index is 0.0589. The average molecular weight is 406 g/mol. The van der Waals surface area contributed by atoms with Crippen LogP contribution >= 0.6 is 0 Å². The molecule has 8 heteroatoms. The highest BCUT2D eigenvalue weighted by Gasteiger charge is 2.21. The van der Waals surface area contributed by atoms with Gasteiger partial charge < -0.3 is 0 Å². The van der Waals surface area contributed by atoms with Crippen LogP contribution in [0.25, 0.3) is 11.3 Å². The maximum atomic E-state index is 12.2. The first-order chi connectivity index (χ1) is 14.8. The fourth-order valence-electron chi connectivity index (χ4n) is 4.39. The first-order valence-electron chi connectivity index (χ1n) is 10.7. The van der Waals surface area contributed by atoms with Gasteiger partial charge in [-0.05, 0) is 31.0 Å². The van der Waals surface area contributed by atoms with Crippen LogP contribution in [0.1, 0.15) is 17.7 Å². The Morgan fingerprint density at radius 2 is 1.80 bits per heavy atom. The zero-order chi connectivity index (χ0) is 20.3. The lowest BCUT2D eigenvalue weighted by atomic mass is 10.1. The van der Waals surface area contributed by atoms with E-state index in [9.17, 15) is 4.79 Å².